The number of alkyl halides is 5. The van der Waals surface area contributed by atoms with Gasteiger partial charge in [0, 0.05) is 23.6 Å². The molecule has 0 aliphatic heterocycles. The minimum absolute atomic E-state index is 0.0953. The van der Waals surface area contributed by atoms with E-state index in [1.165, 1.54) is 42.5 Å². The van der Waals surface area contributed by atoms with Crippen LogP contribution in [-0.2, 0) is 12.1 Å². The molecule has 0 radical (unpaired) electrons. The summed E-state index contributed by atoms with van der Waals surface area (Å²) in [5.41, 5.74) is 2.59. The highest BCUT2D eigenvalue weighted by Crippen LogP contribution is 2.31. The maximum Gasteiger partial charge on any atom is 0.417 e. The Bertz CT molecular complexity index is 817. The summed E-state index contributed by atoms with van der Waals surface area (Å²) in [7, 11) is 0. The van der Waals surface area contributed by atoms with Crippen LogP contribution in [-0.4, -0.2) is 18.5 Å². The molecule has 2 N–H and O–H groups in total. The maximum atomic E-state index is 13.5. The number of halogens is 5. The third-order valence-electron chi connectivity index (χ3n) is 3.44. The Morgan fingerprint density at radius 2 is 1.25 bits per heavy atom. The smallest absolute Gasteiger partial charge is 0.245 e. The molecule has 2 amide bonds. The van der Waals surface area contributed by atoms with Gasteiger partial charge in [-0.2, -0.15) is 23.4 Å². The number of benzene rings is 2. The van der Waals surface area contributed by atoms with Crippen molar-refractivity contribution in [3.8, 4) is 0 Å². The Morgan fingerprint density at radius 1 is 0.821 bits per heavy atom. The summed E-state index contributed by atoms with van der Waals surface area (Å²) in [5.74, 6) is -3.10. The first kappa shape index (κ1) is 21.0. The highest BCUT2D eigenvalue weighted by atomic mass is 19.4. The number of carbonyl (C=O) groups excluding carboxylic acids is 1. The van der Waals surface area contributed by atoms with Crippen LogP contribution < -0.4 is 10.9 Å². The topological polar surface area (TPSA) is 65.8 Å². The third-order valence-corrected chi connectivity index (χ3v) is 3.44. The number of hydrazone groups is 2. The normalized spacial score (nSPS) is 12.5. The van der Waals surface area contributed by atoms with Gasteiger partial charge in [0.25, 0.3) is 5.92 Å². The Morgan fingerprint density at radius 3 is 1.71 bits per heavy atom. The van der Waals surface area contributed by atoms with Gasteiger partial charge in [-0.3, -0.25) is 0 Å². The van der Waals surface area contributed by atoms with Crippen molar-refractivity contribution in [2.45, 2.75) is 19.0 Å². The number of carbonyl (C=O) groups is 1. The number of hydrogen-bond donors (Lipinski definition) is 2. The second-order valence-corrected chi connectivity index (χ2v) is 5.63. The van der Waals surface area contributed by atoms with E-state index >= 15 is 0 Å². The van der Waals surface area contributed by atoms with Crippen LogP contribution in [0.2, 0.25) is 0 Å². The van der Waals surface area contributed by atoms with E-state index in [0.717, 1.165) is 25.4 Å². The lowest BCUT2D eigenvalue weighted by molar-refractivity contribution is -0.137. The van der Waals surface area contributed by atoms with E-state index in [1.807, 2.05) is 10.9 Å². The van der Waals surface area contributed by atoms with Gasteiger partial charge in [-0.1, -0.05) is 42.5 Å². The van der Waals surface area contributed by atoms with Crippen LogP contribution in [0.4, 0.5) is 26.7 Å². The molecule has 0 saturated carbocycles. The molecular formula is C18H15F5N4O. The van der Waals surface area contributed by atoms with Crippen LogP contribution in [0, 0.1) is 0 Å². The van der Waals surface area contributed by atoms with Crippen molar-refractivity contribution < 1.29 is 26.7 Å². The molecule has 2 aromatic rings. The van der Waals surface area contributed by atoms with Crippen molar-refractivity contribution in [2.75, 3.05) is 0 Å². The number of nitrogens with one attached hydrogen (secondary N) is 2. The van der Waals surface area contributed by atoms with Gasteiger partial charge in [0.2, 0.25) is 0 Å². The number of rotatable bonds is 5. The number of amides is 2. The Labute approximate surface area is 156 Å². The fourth-order valence-electron chi connectivity index (χ4n) is 2.22. The van der Waals surface area contributed by atoms with Crippen LogP contribution in [0.3, 0.4) is 0 Å². The third kappa shape index (κ3) is 5.86. The van der Waals surface area contributed by atoms with Crippen LogP contribution in [0.25, 0.3) is 0 Å². The molecule has 0 fully saturated rings. The Balaban J connectivity index is 1.98. The van der Waals surface area contributed by atoms with Gasteiger partial charge in [0.1, 0.15) is 0 Å². The second-order valence-electron chi connectivity index (χ2n) is 5.63. The quantitative estimate of drug-likeness (QED) is 0.435. The van der Waals surface area contributed by atoms with E-state index in [9.17, 15) is 26.7 Å². The monoisotopic (exact) mass is 398 g/mol. The van der Waals surface area contributed by atoms with Gasteiger partial charge >= 0.3 is 12.2 Å². The molecule has 148 valence electrons. The molecule has 0 heterocycles. The summed E-state index contributed by atoms with van der Waals surface area (Å²) in [4.78, 5) is 11.6. The average molecular weight is 398 g/mol. The number of nitrogens with zero attached hydrogens (tertiary/aromatic N) is 2. The van der Waals surface area contributed by atoms with Crippen molar-refractivity contribution in [3.05, 3.63) is 70.8 Å². The highest BCUT2D eigenvalue weighted by Gasteiger charge is 2.32. The molecule has 0 saturated heterocycles. The first-order valence-corrected chi connectivity index (χ1v) is 7.84. The van der Waals surface area contributed by atoms with Crippen LogP contribution in [0.15, 0.2) is 58.7 Å². The summed E-state index contributed by atoms with van der Waals surface area (Å²) in [5, 5.41) is 6.94. The number of urea groups is 1. The largest absolute Gasteiger partial charge is 0.417 e. The van der Waals surface area contributed by atoms with E-state index < -0.39 is 23.7 Å². The van der Waals surface area contributed by atoms with E-state index in [0.29, 0.717) is 0 Å². The second kappa shape index (κ2) is 8.59. The van der Waals surface area contributed by atoms with Crippen LogP contribution in [0.1, 0.15) is 29.2 Å². The first-order chi connectivity index (χ1) is 13.1. The van der Waals surface area contributed by atoms with Crippen molar-refractivity contribution in [1.82, 2.24) is 10.9 Å². The summed E-state index contributed by atoms with van der Waals surface area (Å²) < 4.78 is 65.5. The summed E-state index contributed by atoms with van der Waals surface area (Å²) in [6.45, 7) is 0.729. The molecule has 0 aliphatic carbocycles. The lowest BCUT2D eigenvalue weighted by Crippen LogP contribution is -2.28. The fraction of sp³-hybridized carbons (Fsp3) is 0.167. The average Bonchev–Trinajstić information content (AvgIpc) is 2.61. The van der Waals surface area contributed by atoms with E-state index in [4.69, 9.17) is 0 Å². The Kier molecular flexibility index (Phi) is 6.45. The fourth-order valence-corrected chi connectivity index (χ4v) is 2.22. The predicted octanol–water partition coefficient (Wildman–Crippen LogP) is 4.48. The zero-order chi connectivity index (χ0) is 20.8. The van der Waals surface area contributed by atoms with E-state index in [1.54, 1.807) is 0 Å². The van der Waals surface area contributed by atoms with Crippen LogP contribution >= 0.6 is 0 Å². The van der Waals surface area contributed by atoms with E-state index in [2.05, 4.69) is 10.2 Å². The SMILES string of the molecule is CC(F)(F)c1ccccc1/C=N/NC(=O)N/N=C/c1ccccc1C(F)(F)F. The lowest BCUT2D eigenvalue weighted by atomic mass is 10.0. The van der Waals surface area contributed by atoms with Crippen molar-refractivity contribution in [3.63, 3.8) is 0 Å². The molecule has 0 bridgehead atoms. The molecule has 0 unspecified atom stereocenters. The summed E-state index contributed by atoms with van der Waals surface area (Å²) in [6.07, 6.45) is -2.71. The minimum atomic E-state index is -4.57. The van der Waals surface area contributed by atoms with Gasteiger partial charge < -0.3 is 0 Å². The molecule has 2 rings (SSSR count). The van der Waals surface area contributed by atoms with Gasteiger partial charge in [-0.15, -0.1) is 0 Å². The molecule has 2 aromatic carbocycles. The Hall–Kier alpha value is -3.30. The minimum Gasteiger partial charge on any atom is -0.245 e. The summed E-state index contributed by atoms with van der Waals surface area (Å²) >= 11 is 0. The molecule has 10 heteroatoms. The molecule has 0 atom stereocenters. The van der Waals surface area contributed by atoms with Crippen molar-refractivity contribution >= 4 is 18.5 Å². The molecule has 0 spiro atoms. The molecule has 0 aliphatic rings. The molecule has 28 heavy (non-hydrogen) atoms. The van der Waals surface area contributed by atoms with Crippen molar-refractivity contribution in [2.24, 2.45) is 10.2 Å². The molecule has 0 aromatic heterocycles. The highest BCUT2D eigenvalue weighted by molar-refractivity contribution is 5.85. The standard InChI is InChI=1S/C18H15F5N4O/c1-17(19,20)14-8-4-2-6-12(14)10-24-26-16(28)27-25-11-13-7-3-5-9-15(13)18(21,22)23/h2-11H,1H3,(H2,26,27,28)/b24-10+,25-11+. The predicted molar refractivity (Wildman–Crippen MR) is 94.3 cm³/mol. The maximum absolute atomic E-state index is 13.5. The zero-order valence-corrected chi connectivity index (χ0v) is 14.5. The van der Waals surface area contributed by atoms with Crippen molar-refractivity contribution in [1.29, 1.82) is 0 Å². The lowest BCUT2D eigenvalue weighted by Gasteiger charge is -2.12. The van der Waals surface area contributed by atoms with Gasteiger partial charge in [-0.25, -0.2) is 24.4 Å². The zero-order valence-electron chi connectivity index (χ0n) is 14.5. The van der Waals surface area contributed by atoms with Gasteiger partial charge in [-0.05, 0) is 6.07 Å². The summed E-state index contributed by atoms with van der Waals surface area (Å²) in [6, 6.07) is 9.31. The van der Waals surface area contributed by atoms with Gasteiger partial charge in [0.15, 0.2) is 0 Å². The molecule has 5 nitrogen and oxygen atoms in total. The first-order valence-electron chi connectivity index (χ1n) is 7.84. The van der Waals surface area contributed by atoms with E-state index in [-0.39, 0.29) is 16.7 Å². The van der Waals surface area contributed by atoms with Crippen LogP contribution in [0.5, 0.6) is 0 Å². The molecular weight excluding hydrogens is 383 g/mol. The van der Waals surface area contributed by atoms with Gasteiger partial charge in [0.05, 0.1) is 18.0 Å². The number of hydrogen-bond acceptors (Lipinski definition) is 3.